The molecule has 28 heavy (non-hydrogen) atoms. The smallest absolute Gasteiger partial charge is 0.268 e. The molecule has 0 bridgehead atoms. The number of rotatable bonds is 4. The first kappa shape index (κ1) is 18.3. The molecule has 0 unspecified atom stereocenters. The molecule has 1 aromatic heterocycles. The summed E-state index contributed by atoms with van der Waals surface area (Å²) in [7, 11) is -2.20. The van der Waals surface area contributed by atoms with Crippen molar-refractivity contribution in [1.29, 1.82) is 0 Å². The van der Waals surface area contributed by atoms with Gasteiger partial charge in [-0.3, -0.25) is 0 Å². The summed E-state index contributed by atoms with van der Waals surface area (Å²) in [6.45, 7) is 10.4. The SMILES string of the molecule is [C-]#[N+]c1ccc2c(ccn2S(=O)(=O)c2ccc(OC)c(N3CCNCC3)c2)c1. The number of anilines is 1. The molecule has 1 aliphatic rings. The van der Waals surface area contributed by atoms with Crippen molar-refractivity contribution in [2.24, 2.45) is 0 Å². The highest BCUT2D eigenvalue weighted by molar-refractivity contribution is 7.90. The number of aromatic nitrogens is 1. The molecule has 0 amide bonds. The van der Waals surface area contributed by atoms with Crippen LogP contribution in [0.3, 0.4) is 0 Å². The molecule has 1 aliphatic heterocycles. The lowest BCUT2D eigenvalue weighted by molar-refractivity contribution is 0.412. The Balaban J connectivity index is 1.81. The standard InChI is InChI=1S/C20H20N4O3S/c1-21-16-3-5-18-15(13-16)7-10-24(18)28(25,26)17-4-6-20(27-2)19(14-17)23-11-8-22-9-12-23/h3-7,10,13-14,22H,8-9,11-12H2,2H3. The van der Waals surface area contributed by atoms with Crippen LogP contribution >= 0.6 is 0 Å². The third kappa shape index (κ3) is 3.09. The number of ether oxygens (including phenoxy) is 1. The first-order chi connectivity index (χ1) is 13.5. The largest absolute Gasteiger partial charge is 0.495 e. The van der Waals surface area contributed by atoms with Crippen LogP contribution in [0.15, 0.2) is 53.6 Å². The maximum absolute atomic E-state index is 13.3. The molecule has 1 fully saturated rings. The Morgan fingerprint density at radius 3 is 2.61 bits per heavy atom. The lowest BCUT2D eigenvalue weighted by atomic mass is 10.2. The summed E-state index contributed by atoms with van der Waals surface area (Å²) in [6.07, 6.45) is 1.53. The topological polar surface area (TPSA) is 67.9 Å². The maximum Gasteiger partial charge on any atom is 0.268 e. The van der Waals surface area contributed by atoms with Gasteiger partial charge in [-0.1, -0.05) is 6.07 Å². The normalized spacial score (nSPS) is 14.8. The highest BCUT2D eigenvalue weighted by Gasteiger charge is 2.23. The summed E-state index contributed by atoms with van der Waals surface area (Å²) in [5.74, 6) is 0.653. The molecule has 3 aromatic rings. The molecular weight excluding hydrogens is 376 g/mol. The lowest BCUT2D eigenvalue weighted by Gasteiger charge is -2.30. The van der Waals surface area contributed by atoms with Crippen LogP contribution in [-0.2, 0) is 10.0 Å². The number of hydrogen-bond donors (Lipinski definition) is 1. The van der Waals surface area contributed by atoms with Crippen molar-refractivity contribution in [1.82, 2.24) is 9.29 Å². The number of piperazine rings is 1. The summed E-state index contributed by atoms with van der Waals surface area (Å²) < 4.78 is 33.4. The molecule has 0 atom stereocenters. The third-order valence-electron chi connectivity index (χ3n) is 4.93. The number of fused-ring (bicyclic) bond motifs is 1. The Kier molecular flexibility index (Phi) is 4.71. The van der Waals surface area contributed by atoms with E-state index in [-0.39, 0.29) is 4.90 Å². The van der Waals surface area contributed by atoms with Gasteiger partial charge < -0.3 is 15.0 Å². The van der Waals surface area contributed by atoms with E-state index in [9.17, 15) is 8.42 Å². The van der Waals surface area contributed by atoms with Gasteiger partial charge in [0.1, 0.15) is 5.75 Å². The zero-order valence-electron chi connectivity index (χ0n) is 15.4. The van der Waals surface area contributed by atoms with Crippen molar-refractivity contribution >= 4 is 32.3 Å². The molecule has 8 heteroatoms. The minimum Gasteiger partial charge on any atom is -0.495 e. The average molecular weight is 396 g/mol. The van der Waals surface area contributed by atoms with Crippen LogP contribution in [0.4, 0.5) is 11.4 Å². The van der Waals surface area contributed by atoms with E-state index in [0.717, 1.165) is 31.9 Å². The lowest BCUT2D eigenvalue weighted by Crippen LogP contribution is -2.43. The summed E-state index contributed by atoms with van der Waals surface area (Å²) in [6, 6.07) is 11.6. The predicted molar refractivity (Wildman–Crippen MR) is 109 cm³/mol. The maximum atomic E-state index is 13.3. The van der Waals surface area contributed by atoms with Gasteiger partial charge in [0, 0.05) is 32.4 Å². The highest BCUT2D eigenvalue weighted by atomic mass is 32.2. The Morgan fingerprint density at radius 2 is 1.89 bits per heavy atom. The van der Waals surface area contributed by atoms with Crippen LogP contribution in [0, 0.1) is 6.57 Å². The van der Waals surface area contributed by atoms with Crippen molar-refractivity contribution in [3.8, 4) is 5.75 Å². The van der Waals surface area contributed by atoms with Crippen LogP contribution < -0.4 is 15.0 Å². The Labute approximate surface area is 164 Å². The molecule has 0 aliphatic carbocycles. The van der Waals surface area contributed by atoms with Gasteiger partial charge in [-0.05, 0) is 41.8 Å². The number of nitrogens with one attached hydrogen (secondary N) is 1. The summed E-state index contributed by atoms with van der Waals surface area (Å²) >= 11 is 0. The van der Waals surface area contributed by atoms with Crippen molar-refractivity contribution < 1.29 is 13.2 Å². The summed E-state index contributed by atoms with van der Waals surface area (Å²) in [4.78, 5) is 5.73. The van der Waals surface area contributed by atoms with Crippen molar-refractivity contribution in [3.05, 3.63) is 60.1 Å². The van der Waals surface area contributed by atoms with E-state index < -0.39 is 10.0 Å². The van der Waals surface area contributed by atoms with Gasteiger partial charge in [0.15, 0.2) is 5.69 Å². The fourth-order valence-corrected chi connectivity index (χ4v) is 4.85. The van der Waals surface area contributed by atoms with Crippen molar-refractivity contribution in [3.63, 3.8) is 0 Å². The zero-order valence-corrected chi connectivity index (χ0v) is 16.2. The van der Waals surface area contributed by atoms with Crippen molar-refractivity contribution in [2.45, 2.75) is 4.90 Å². The van der Waals surface area contributed by atoms with Crippen LogP contribution in [0.1, 0.15) is 0 Å². The monoisotopic (exact) mass is 396 g/mol. The van der Waals surface area contributed by atoms with Crippen molar-refractivity contribution in [2.75, 3.05) is 38.2 Å². The molecule has 144 valence electrons. The minimum absolute atomic E-state index is 0.202. The first-order valence-electron chi connectivity index (χ1n) is 8.92. The Morgan fingerprint density at radius 1 is 1.11 bits per heavy atom. The van der Waals surface area contributed by atoms with E-state index in [1.807, 2.05) is 0 Å². The van der Waals surface area contributed by atoms with Gasteiger partial charge in [-0.2, -0.15) is 0 Å². The van der Waals surface area contributed by atoms with E-state index in [1.165, 1.54) is 10.2 Å². The third-order valence-corrected chi connectivity index (χ3v) is 6.62. The fraction of sp³-hybridized carbons (Fsp3) is 0.250. The Hall–Kier alpha value is -3.02. The molecular formula is C20H20N4O3S. The van der Waals surface area contributed by atoms with Gasteiger partial charge in [0.25, 0.3) is 10.0 Å². The van der Waals surface area contributed by atoms with Gasteiger partial charge >= 0.3 is 0 Å². The van der Waals surface area contributed by atoms with E-state index in [1.54, 1.807) is 49.6 Å². The molecule has 2 heterocycles. The second-order valence-corrected chi connectivity index (χ2v) is 8.36. The first-order valence-corrected chi connectivity index (χ1v) is 10.4. The molecule has 0 spiro atoms. The van der Waals surface area contributed by atoms with E-state index in [0.29, 0.717) is 22.3 Å². The van der Waals surface area contributed by atoms with Gasteiger partial charge in [0.2, 0.25) is 0 Å². The molecule has 0 saturated carbocycles. The molecule has 1 saturated heterocycles. The predicted octanol–water partition coefficient (Wildman–Crippen LogP) is 2.85. The number of methoxy groups -OCH3 is 1. The molecule has 4 rings (SSSR count). The van der Waals surface area contributed by atoms with Crippen LogP contribution in [-0.4, -0.2) is 45.7 Å². The average Bonchev–Trinajstić information content (AvgIpc) is 3.17. The minimum atomic E-state index is -3.79. The zero-order chi connectivity index (χ0) is 19.7. The molecule has 7 nitrogen and oxygen atoms in total. The summed E-state index contributed by atoms with van der Waals surface area (Å²) in [5, 5.41) is 4.01. The highest BCUT2D eigenvalue weighted by Crippen LogP contribution is 2.33. The number of benzene rings is 2. The molecule has 2 aromatic carbocycles. The van der Waals surface area contributed by atoms with Crippen LogP contribution in [0.25, 0.3) is 15.7 Å². The van der Waals surface area contributed by atoms with E-state index >= 15 is 0 Å². The molecule has 1 N–H and O–H groups in total. The fourth-order valence-electron chi connectivity index (χ4n) is 3.48. The van der Waals surface area contributed by atoms with Crippen LogP contribution in [0.5, 0.6) is 5.75 Å². The van der Waals surface area contributed by atoms with Crippen LogP contribution in [0.2, 0.25) is 0 Å². The second kappa shape index (κ2) is 7.19. The van der Waals surface area contributed by atoms with Gasteiger partial charge in [0.05, 0.1) is 29.8 Å². The number of hydrogen-bond acceptors (Lipinski definition) is 5. The van der Waals surface area contributed by atoms with E-state index in [2.05, 4.69) is 15.1 Å². The summed E-state index contributed by atoms with van der Waals surface area (Å²) in [5.41, 5.74) is 1.80. The number of nitrogens with zero attached hydrogens (tertiary/aromatic N) is 3. The quantitative estimate of drug-likeness (QED) is 0.687. The van der Waals surface area contributed by atoms with E-state index in [4.69, 9.17) is 11.3 Å². The Bertz CT molecular complexity index is 1170. The van der Waals surface area contributed by atoms with Gasteiger partial charge in [-0.25, -0.2) is 17.2 Å². The van der Waals surface area contributed by atoms with Gasteiger partial charge in [-0.15, -0.1) is 0 Å². The molecule has 0 radical (unpaired) electrons. The second-order valence-electron chi connectivity index (χ2n) is 6.54.